The van der Waals surface area contributed by atoms with E-state index in [-0.39, 0.29) is 9.13 Å². The Morgan fingerprint density at radius 1 is 0.941 bits per heavy atom. The molecule has 4 heteroatoms. The van der Waals surface area contributed by atoms with Crippen LogP contribution in [0, 0.1) is 15.2 Å². The van der Waals surface area contributed by atoms with Crippen molar-refractivity contribution in [2.75, 3.05) is 7.11 Å². The van der Waals surface area contributed by atoms with Gasteiger partial charge in [0.2, 0.25) is 0 Å². The van der Waals surface area contributed by atoms with E-state index in [9.17, 15) is 8.78 Å². The summed E-state index contributed by atoms with van der Waals surface area (Å²) in [6.45, 7) is 0. The molecular formula is C13H9F2IO. The van der Waals surface area contributed by atoms with Crippen molar-refractivity contribution in [1.29, 1.82) is 0 Å². The van der Waals surface area contributed by atoms with Crippen LogP contribution < -0.4 is 4.74 Å². The van der Waals surface area contributed by atoms with Crippen LogP contribution in [0.3, 0.4) is 0 Å². The van der Waals surface area contributed by atoms with Gasteiger partial charge in [-0.3, -0.25) is 0 Å². The van der Waals surface area contributed by atoms with Crippen LogP contribution in [0.15, 0.2) is 36.4 Å². The first-order valence-electron chi connectivity index (χ1n) is 4.91. The third-order valence-corrected chi connectivity index (χ3v) is 3.27. The molecule has 0 atom stereocenters. The zero-order valence-electron chi connectivity index (χ0n) is 9.01. The van der Waals surface area contributed by atoms with Gasteiger partial charge in [0.1, 0.15) is 5.75 Å². The molecule has 0 unspecified atom stereocenters. The predicted molar refractivity (Wildman–Crippen MR) is 71.1 cm³/mol. The summed E-state index contributed by atoms with van der Waals surface area (Å²) in [5.74, 6) is -0.943. The Kier molecular flexibility index (Phi) is 3.61. The number of hydrogen-bond donors (Lipinski definition) is 0. The second-order valence-corrected chi connectivity index (χ2v) is 4.61. The number of methoxy groups -OCH3 is 1. The van der Waals surface area contributed by atoms with Crippen molar-refractivity contribution in [3.05, 3.63) is 51.6 Å². The van der Waals surface area contributed by atoms with Gasteiger partial charge in [-0.1, -0.05) is 18.2 Å². The lowest BCUT2D eigenvalue weighted by atomic mass is 10.0. The summed E-state index contributed by atoms with van der Waals surface area (Å²) in [5, 5.41) is 0. The van der Waals surface area contributed by atoms with Gasteiger partial charge in [0, 0.05) is 5.56 Å². The fourth-order valence-corrected chi connectivity index (χ4v) is 1.94. The number of halogens is 3. The van der Waals surface area contributed by atoms with Gasteiger partial charge in [-0.15, -0.1) is 0 Å². The van der Waals surface area contributed by atoms with E-state index in [4.69, 9.17) is 4.74 Å². The first-order valence-corrected chi connectivity index (χ1v) is 5.99. The van der Waals surface area contributed by atoms with Crippen molar-refractivity contribution in [3.63, 3.8) is 0 Å². The Labute approximate surface area is 112 Å². The van der Waals surface area contributed by atoms with Crippen LogP contribution in [-0.2, 0) is 0 Å². The number of hydrogen-bond acceptors (Lipinski definition) is 1. The quantitative estimate of drug-likeness (QED) is 0.584. The average molecular weight is 346 g/mol. The van der Waals surface area contributed by atoms with Gasteiger partial charge >= 0.3 is 0 Å². The highest BCUT2D eigenvalue weighted by Gasteiger charge is 2.12. The molecule has 0 saturated carbocycles. The molecule has 2 rings (SSSR count). The average Bonchev–Trinajstić information content (AvgIpc) is 2.36. The summed E-state index contributed by atoms with van der Waals surface area (Å²) in [4.78, 5) is 0. The Morgan fingerprint density at radius 3 is 2.18 bits per heavy atom. The van der Waals surface area contributed by atoms with Gasteiger partial charge in [-0.2, -0.15) is 0 Å². The van der Waals surface area contributed by atoms with E-state index in [1.165, 1.54) is 0 Å². The molecule has 2 aromatic rings. The van der Waals surface area contributed by atoms with Crippen LogP contribution in [0.2, 0.25) is 0 Å². The van der Waals surface area contributed by atoms with E-state index < -0.39 is 11.6 Å². The van der Waals surface area contributed by atoms with E-state index in [0.29, 0.717) is 11.3 Å². The summed E-state index contributed by atoms with van der Waals surface area (Å²) in [6.07, 6.45) is 0. The van der Waals surface area contributed by atoms with E-state index >= 15 is 0 Å². The minimum atomic E-state index is -0.818. The van der Waals surface area contributed by atoms with Gasteiger partial charge in [0.05, 0.1) is 10.7 Å². The third-order valence-electron chi connectivity index (χ3n) is 2.44. The third kappa shape index (κ3) is 2.41. The van der Waals surface area contributed by atoms with Crippen molar-refractivity contribution in [3.8, 4) is 16.9 Å². The van der Waals surface area contributed by atoms with Gasteiger partial charge in [0.15, 0.2) is 11.6 Å². The molecule has 0 amide bonds. The molecule has 0 aliphatic heterocycles. The zero-order valence-corrected chi connectivity index (χ0v) is 11.2. The molecule has 88 valence electrons. The summed E-state index contributed by atoms with van der Waals surface area (Å²) in [7, 11) is 1.56. The Morgan fingerprint density at radius 2 is 1.59 bits per heavy atom. The monoisotopic (exact) mass is 346 g/mol. The van der Waals surface area contributed by atoms with Crippen molar-refractivity contribution in [2.45, 2.75) is 0 Å². The molecule has 0 radical (unpaired) electrons. The van der Waals surface area contributed by atoms with Gasteiger partial charge in [-0.25, -0.2) is 8.78 Å². The maximum atomic E-state index is 13.7. The molecule has 1 nitrogen and oxygen atoms in total. The van der Waals surface area contributed by atoms with Crippen LogP contribution in [-0.4, -0.2) is 7.11 Å². The minimum Gasteiger partial charge on any atom is -0.497 e. The number of rotatable bonds is 2. The molecule has 2 aromatic carbocycles. The molecule has 0 aromatic heterocycles. The smallest absolute Gasteiger partial charge is 0.172 e. The Balaban J connectivity index is 2.49. The summed E-state index contributed by atoms with van der Waals surface area (Å²) in [6, 6.07) is 9.95. The van der Waals surface area contributed by atoms with Gasteiger partial charge in [0.25, 0.3) is 0 Å². The molecule has 0 heterocycles. The Bertz CT molecular complexity index is 538. The van der Waals surface area contributed by atoms with Crippen molar-refractivity contribution in [2.24, 2.45) is 0 Å². The normalized spacial score (nSPS) is 10.4. The molecule has 0 N–H and O–H groups in total. The fourth-order valence-electron chi connectivity index (χ4n) is 1.52. The number of benzene rings is 2. The fraction of sp³-hybridized carbons (Fsp3) is 0.0769. The van der Waals surface area contributed by atoms with Crippen LogP contribution in [0.4, 0.5) is 8.78 Å². The number of ether oxygens (including phenoxy) is 1. The highest BCUT2D eigenvalue weighted by molar-refractivity contribution is 14.1. The van der Waals surface area contributed by atoms with E-state index in [2.05, 4.69) is 0 Å². The second-order valence-electron chi connectivity index (χ2n) is 3.45. The van der Waals surface area contributed by atoms with Crippen LogP contribution in [0.1, 0.15) is 0 Å². The maximum absolute atomic E-state index is 13.7. The van der Waals surface area contributed by atoms with E-state index in [0.717, 1.165) is 0 Å². The highest BCUT2D eigenvalue weighted by Crippen LogP contribution is 2.28. The molecule has 0 saturated heterocycles. The summed E-state index contributed by atoms with van der Waals surface area (Å²) < 4.78 is 32.4. The zero-order chi connectivity index (χ0) is 12.4. The molecule has 17 heavy (non-hydrogen) atoms. The molecular weight excluding hydrogens is 337 g/mol. The molecule has 0 bridgehead atoms. The molecule has 0 fully saturated rings. The lowest BCUT2D eigenvalue weighted by molar-refractivity contribution is 0.415. The summed E-state index contributed by atoms with van der Waals surface area (Å²) >= 11 is 1.76. The topological polar surface area (TPSA) is 9.23 Å². The molecule has 0 spiro atoms. The van der Waals surface area contributed by atoms with Crippen LogP contribution in [0.5, 0.6) is 5.75 Å². The first-order chi connectivity index (χ1) is 8.13. The predicted octanol–water partition coefficient (Wildman–Crippen LogP) is 4.25. The van der Waals surface area contributed by atoms with Crippen LogP contribution in [0.25, 0.3) is 11.1 Å². The largest absolute Gasteiger partial charge is 0.497 e. The maximum Gasteiger partial charge on any atom is 0.172 e. The highest BCUT2D eigenvalue weighted by atomic mass is 127. The molecule has 0 aliphatic carbocycles. The standard InChI is InChI=1S/C13H9F2IO/c1-17-9-4-2-8(3-5-9)10-6-7-11(16)13(15)12(10)14/h2-7H,1H3. The van der Waals surface area contributed by atoms with Crippen molar-refractivity contribution in [1.82, 2.24) is 0 Å². The van der Waals surface area contributed by atoms with Gasteiger partial charge < -0.3 is 4.74 Å². The lowest BCUT2D eigenvalue weighted by Gasteiger charge is -2.06. The van der Waals surface area contributed by atoms with Crippen LogP contribution >= 0.6 is 22.6 Å². The van der Waals surface area contributed by atoms with Crippen molar-refractivity contribution >= 4 is 22.6 Å². The van der Waals surface area contributed by atoms with E-state index in [1.54, 1.807) is 66.1 Å². The van der Waals surface area contributed by atoms with Gasteiger partial charge in [-0.05, 0) is 46.4 Å². The minimum absolute atomic E-state index is 0.255. The summed E-state index contributed by atoms with van der Waals surface area (Å²) in [5.41, 5.74) is 0.879. The van der Waals surface area contributed by atoms with E-state index in [1.807, 2.05) is 0 Å². The first kappa shape index (κ1) is 12.3. The second kappa shape index (κ2) is 5.00. The van der Waals surface area contributed by atoms with Crippen molar-refractivity contribution < 1.29 is 13.5 Å². The SMILES string of the molecule is COc1ccc(-c2ccc(I)c(F)c2F)cc1. The molecule has 0 aliphatic rings. The Hall–Kier alpha value is -1.17. The lowest BCUT2D eigenvalue weighted by Crippen LogP contribution is -1.93.